The van der Waals surface area contributed by atoms with Gasteiger partial charge in [0.05, 0.1) is 5.38 Å². The second kappa shape index (κ2) is 5.13. The first-order chi connectivity index (χ1) is 4.18. The van der Waals surface area contributed by atoms with Gasteiger partial charge in [-0.2, -0.15) is 0 Å². The smallest absolute Gasteiger partial charge is 0.0692 e. The van der Waals surface area contributed by atoms with E-state index in [9.17, 15) is 0 Å². The van der Waals surface area contributed by atoms with Crippen LogP contribution in [-0.2, 0) is 0 Å². The number of hydrogen-bond donors (Lipinski definition) is 0. The van der Waals surface area contributed by atoms with Crippen molar-refractivity contribution in [2.75, 3.05) is 0 Å². The summed E-state index contributed by atoms with van der Waals surface area (Å²) in [6.45, 7) is 7.33. The van der Waals surface area contributed by atoms with Gasteiger partial charge in [0.15, 0.2) is 0 Å². The molecule has 0 saturated carbocycles. The molecule has 1 unspecified atom stereocenters. The van der Waals surface area contributed by atoms with Crippen LogP contribution in [-0.4, -0.2) is 5.38 Å². The van der Waals surface area contributed by atoms with E-state index < -0.39 is 0 Å². The molecule has 0 aliphatic rings. The van der Waals surface area contributed by atoms with Gasteiger partial charge in [0.1, 0.15) is 0 Å². The highest BCUT2D eigenvalue weighted by atomic mass is 35.5. The van der Waals surface area contributed by atoms with Crippen LogP contribution in [0.25, 0.3) is 0 Å². The van der Waals surface area contributed by atoms with Crippen molar-refractivity contribution in [2.45, 2.75) is 31.6 Å². The van der Waals surface area contributed by atoms with E-state index in [-0.39, 0.29) is 5.38 Å². The summed E-state index contributed by atoms with van der Waals surface area (Å²) in [5.74, 6) is 0. The number of unbranched alkanes of at least 4 members (excludes halogenated alkanes) is 1. The van der Waals surface area contributed by atoms with Crippen LogP contribution in [0.2, 0.25) is 0 Å². The third-order valence-electron chi connectivity index (χ3n) is 1.11. The van der Waals surface area contributed by atoms with Crippen molar-refractivity contribution in [3.63, 3.8) is 0 Å². The lowest BCUT2D eigenvalue weighted by molar-refractivity contribution is 0.729. The minimum atomic E-state index is -0.147. The molecular weight excluding hydrogens is 155 g/mol. The highest BCUT2D eigenvalue weighted by Crippen LogP contribution is 2.17. The van der Waals surface area contributed by atoms with Gasteiger partial charge in [-0.05, 0) is 13.0 Å². The summed E-state index contributed by atoms with van der Waals surface area (Å²) in [5.41, 5.74) is 0. The highest BCUT2D eigenvalue weighted by molar-refractivity contribution is 6.36. The average Bonchev–Trinajstić information content (AvgIpc) is 1.82. The molecule has 0 aliphatic heterocycles. The molecule has 0 bridgehead atoms. The lowest BCUT2D eigenvalue weighted by atomic mass is 10.2. The fourth-order valence-corrected chi connectivity index (χ4v) is 0.785. The Balaban J connectivity index is 3.27. The van der Waals surface area contributed by atoms with Gasteiger partial charge in [-0.15, -0.1) is 11.6 Å². The summed E-state index contributed by atoms with van der Waals surface area (Å²) >= 11 is 11.1. The molecule has 0 rings (SSSR count). The fourth-order valence-electron chi connectivity index (χ4n) is 0.521. The van der Waals surface area contributed by atoms with E-state index in [1.807, 2.05) is 0 Å². The molecule has 0 aromatic heterocycles. The number of alkyl halides is 1. The summed E-state index contributed by atoms with van der Waals surface area (Å²) < 4.78 is 0. The van der Waals surface area contributed by atoms with E-state index in [1.165, 1.54) is 0 Å². The third-order valence-corrected chi connectivity index (χ3v) is 1.94. The van der Waals surface area contributed by atoms with Crippen molar-refractivity contribution in [3.05, 3.63) is 11.6 Å². The van der Waals surface area contributed by atoms with Crippen molar-refractivity contribution in [2.24, 2.45) is 0 Å². The number of rotatable bonds is 4. The molecule has 0 fully saturated rings. The molecule has 0 aliphatic carbocycles. The van der Waals surface area contributed by atoms with Gasteiger partial charge in [0.2, 0.25) is 0 Å². The molecule has 0 heterocycles. The number of hydrogen-bond acceptors (Lipinski definition) is 0. The van der Waals surface area contributed by atoms with Crippen LogP contribution in [0.1, 0.15) is 26.2 Å². The largest absolute Gasteiger partial charge is 0.117 e. The van der Waals surface area contributed by atoms with Crippen LogP contribution >= 0.6 is 23.2 Å². The molecule has 0 amide bonds. The normalized spacial score (nSPS) is 13.2. The van der Waals surface area contributed by atoms with Crippen molar-refractivity contribution in [1.29, 1.82) is 0 Å². The Hall–Kier alpha value is 0.320. The summed E-state index contributed by atoms with van der Waals surface area (Å²) in [6.07, 6.45) is 3.10. The van der Waals surface area contributed by atoms with Gasteiger partial charge < -0.3 is 0 Å². The van der Waals surface area contributed by atoms with Crippen LogP contribution in [0.15, 0.2) is 5.03 Å². The summed E-state index contributed by atoms with van der Waals surface area (Å²) in [7, 11) is 0. The zero-order chi connectivity index (χ0) is 7.28. The molecule has 0 spiro atoms. The Morgan fingerprint density at radius 1 is 1.67 bits per heavy atom. The monoisotopic (exact) mass is 165 g/mol. The van der Waals surface area contributed by atoms with Crippen LogP contribution in [0, 0.1) is 6.58 Å². The van der Waals surface area contributed by atoms with Gasteiger partial charge in [0.25, 0.3) is 0 Å². The van der Waals surface area contributed by atoms with Gasteiger partial charge >= 0.3 is 0 Å². The predicted octanol–water partition coefficient (Wildman–Crippen LogP) is 3.34. The zero-order valence-corrected chi connectivity index (χ0v) is 7.04. The van der Waals surface area contributed by atoms with E-state index in [1.54, 1.807) is 0 Å². The van der Waals surface area contributed by atoms with Crippen LogP contribution < -0.4 is 0 Å². The minimum Gasteiger partial charge on any atom is -0.117 e. The molecule has 0 nitrogen and oxygen atoms in total. The lowest BCUT2D eigenvalue weighted by Crippen LogP contribution is -1.96. The van der Waals surface area contributed by atoms with Gasteiger partial charge in [0, 0.05) is 5.03 Å². The van der Waals surface area contributed by atoms with E-state index >= 15 is 0 Å². The first kappa shape index (κ1) is 9.32. The maximum absolute atomic E-state index is 5.70. The third kappa shape index (κ3) is 4.80. The van der Waals surface area contributed by atoms with Crippen molar-refractivity contribution < 1.29 is 0 Å². The van der Waals surface area contributed by atoms with Gasteiger partial charge in [-0.25, -0.2) is 0 Å². The highest BCUT2D eigenvalue weighted by Gasteiger charge is 2.04. The summed E-state index contributed by atoms with van der Waals surface area (Å²) in [6, 6.07) is 0. The quantitative estimate of drug-likeness (QED) is 0.562. The molecule has 9 heavy (non-hydrogen) atoms. The van der Waals surface area contributed by atoms with Crippen LogP contribution in [0.4, 0.5) is 0 Å². The van der Waals surface area contributed by atoms with E-state index in [0.717, 1.165) is 19.3 Å². The molecule has 2 heteroatoms. The van der Waals surface area contributed by atoms with Crippen molar-refractivity contribution >= 4 is 23.2 Å². The van der Waals surface area contributed by atoms with Crippen molar-refractivity contribution in [3.8, 4) is 0 Å². The summed E-state index contributed by atoms with van der Waals surface area (Å²) in [4.78, 5) is 0. The lowest BCUT2D eigenvalue weighted by Gasteiger charge is -2.03. The Kier molecular flexibility index (Phi) is 5.31. The SMILES string of the molecule is [CH]=C(Cl)C(Cl)CCCC. The van der Waals surface area contributed by atoms with E-state index in [0.29, 0.717) is 5.03 Å². The maximum Gasteiger partial charge on any atom is 0.0692 e. The Morgan fingerprint density at radius 2 is 2.22 bits per heavy atom. The van der Waals surface area contributed by atoms with Crippen LogP contribution in [0.5, 0.6) is 0 Å². The van der Waals surface area contributed by atoms with Crippen LogP contribution in [0.3, 0.4) is 0 Å². The zero-order valence-electron chi connectivity index (χ0n) is 5.53. The molecule has 0 aromatic carbocycles. The Morgan fingerprint density at radius 3 is 2.56 bits per heavy atom. The van der Waals surface area contributed by atoms with Crippen molar-refractivity contribution in [1.82, 2.24) is 0 Å². The Bertz CT molecular complexity index is 88.9. The molecule has 0 aromatic rings. The molecule has 1 atom stereocenters. The fraction of sp³-hybridized carbons (Fsp3) is 0.714. The second-order valence-electron chi connectivity index (χ2n) is 1.99. The van der Waals surface area contributed by atoms with Gasteiger partial charge in [-0.3, -0.25) is 0 Å². The standard InChI is InChI=1S/C7H11Cl2/c1-3-4-5-7(9)6(2)8/h2,7H,3-5H2,1H3. The number of allylic oxidation sites excluding steroid dienone is 1. The topological polar surface area (TPSA) is 0 Å². The Labute approximate surface area is 66.8 Å². The summed E-state index contributed by atoms with van der Waals surface area (Å²) in [5, 5.41) is 0.164. The van der Waals surface area contributed by atoms with Gasteiger partial charge in [-0.1, -0.05) is 31.4 Å². The van der Waals surface area contributed by atoms with E-state index in [2.05, 4.69) is 6.92 Å². The molecule has 1 radical (unpaired) electrons. The molecule has 53 valence electrons. The first-order valence-corrected chi connectivity index (χ1v) is 3.91. The second-order valence-corrected chi connectivity index (χ2v) is 2.96. The number of halogens is 2. The minimum absolute atomic E-state index is 0.147. The predicted molar refractivity (Wildman–Crippen MR) is 42.8 cm³/mol. The van der Waals surface area contributed by atoms with E-state index in [4.69, 9.17) is 29.8 Å². The molecular formula is C7H11Cl2. The molecule has 0 saturated heterocycles. The average molecular weight is 166 g/mol. The first-order valence-electron chi connectivity index (χ1n) is 3.10. The maximum atomic E-state index is 5.70. The molecule has 0 N–H and O–H groups in total.